The van der Waals surface area contributed by atoms with E-state index in [0.717, 1.165) is 37.5 Å². The van der Waals surface area contributed by atoms with Crippen LogP contribution in [-0.4, -0.2) is 17.5 Å². The smallest absolute Gasteiger partial charge is 0.123 e. The van der Waals surface area contributed by atoms with Gasteiger partial charge in [-0.3, -0.25) is 0 Å². The third-order valence-corrected chi connectivity index (χ3v) is 5.00. The van der Waals surface area contributed by atoms with Gasteiger partial charge in [0.2, 0.25) is 0 Å². The zero-order valence-corrected chi connectivity index (χ0v) is 11.1. The maximum absolute atomic E-state index is 11.2. The maximum atomic E-state index is 11.2. The summed E-state index contributed by atoms with van der Waals surface area (Å²) in [7, 11) is 0. The second kappa shape index (κ2) is 4.56. The molecule has 0 aliphatic heterocycles. The Labute approximate surface area is 104 Å². The minimum atomic E-state index is -0.349. The van der Waals surface area contributed by atoms with Crippen LogP contribution in [0.2, 0.25) is 0 Å². The summed E-state index contributed by atoms with van der Waals surface area (Å²) >= 11 is 0. The van der Waals surface area contributed by atoms with Crippen molar-refractivity contribution >= 4 is 6.29 Å². The molecule has 1 saturated carbocycles. The first-order valence-corrected chi connectivity index (χ1v) is 6.75. The van der Waals surface area contributed by atoms with Crippen LogP contribution in [-0.2, 0) is 4.79 Å². The minimum Gasteiger partial charge on any atom is -0.389 e. The molecule has 1 fully saturated rings. The van der Waals surface area contributed by atoms with Crippen LogP contribution in [0.3, 0.4) is 0 Å². The lowest BCUT2D eigenvalue weighted by molar-refractivity contribution is -0.120. The first kappa shape index (κ1) is 12.8. The molecule has 0 radical (unpaired) electrons. The van der Waals surface area contributed by atoms with Crippen molar-refractivity contribution in [2.45, 2.75) is 52.6 Å². The van der Waals surface area contributed by atoms with E-state index in [1.54, 1.807) is 0 Å². The van der Waals surface area contributed by atoms with Gasteiger partial charge in [-0.25, -0.2) is 0 Å². The molecule has 0 aromatic heterocycles. The number of allylic oxidation sites excluding steroid dienone is 1. The quantitative estimate of drug-likeness (QED) is 0.561. The molecular formula is C15H24O2. The highest BCUT2D eigenvalue weighted by molar-refractivity contribution is 5.54. The highest BCUT2D eigenvalue weighted by atomic mass is 16.3. The number of hydrogen-bond donors (Lipinski definition) is 1. The molecule has 2 heteroatoms. The number of carbonyl (C=O) groups excluding carboxylic acids is 1. The normalized spacial score (nSPS) is 44.1. The molecule has 17 heavy (non-hydrogen) atoms. The molecule has 2 aliphatic rings. The van der Waals surface area contributed by atoms with Gasteiger partial charge >= 0.3 is 0 Å². The van der Waals surface area contributed by atoms with Gasteiger partial charge in [-0.1, -0.05) is 19.9 Å². The Kier molecular flexibility index (Phi) is 3.44. The van der Waals surface area contributed by atoms with Crippen LogP contribution in [0.4, 0.5) is 0 Å². The molecule has 1 unspecified atom stereocenters. The number of hydrogen-bond acceptors (Lipinski definition) is 2. The van der Waals surface area contributed by atoms with Crippen molar-refractivity contribution in [2.24, 2.45) is 23.2 Å². The van der Waals surface area contributed by atoms with E-state index in [-0.39, 0.29) is 12.0 Å². The average Bonchev–Trinajstić information content (AvgIpc) is 2.31. The number of carbonyl (C=O) groups is 1. The third-order valence-electron chi connectivity index (χ3n) is 5.00. The monoisotopic (exact) mass is 236 g/mol. The second-order valence-electron chi connectivity index (χ2n) is 6.54. The molecule has 0 amide bonds. The fraction of sp³-hybridized carbons (Fsp3) is 0.800. The van der Waals surface area contributed by atoms with Crippen molar-refractivity contribution in [3.8, 4) is 0 Å². The second-order valence-corrected chi connectivity index (χ2v) is 6.54. The molecule has 0 aromatic rings. The lowest BCUT2D eigenvalue weighted by Gasteiger charge is -2.53. The summed E-state index contributed by atoms with van der Waals surface area (Å²) in [5, 5.41) is 9.96. The molecule has 2 rings (SSSR count). The zero-order chi connectivity index (χ0) is 12.6. The first-order valence-electron chi connectivity index (χ1n) is 6.75. The minimum absolute atomic E-state index is 0.155. The number of aliphatic hydroxyl groups excluding tert-OH is 1. The third kappa shape index (κ3) is 2.33. The molecule has 0 aromatic carbocycles. The Morgan fingerprint density at radius 3 is 2.71 bits per heavy atom. The van der Waals surface area contributed by atoms with E-state index >= 15 is 0 Å². The summed E-state index contributed by atoms with van der Waals surface area (Å²) in [5.74, 6) is 1.30. The van der Waals surface area contributed by atoms with E-state index < -0.39 is 0 Å². The van der Waals surface area contributed by atoms with Crippen LogP contribution < -0.4 is 0 Å². The van der Waals surface area contributed by atoms with E-state index in [0.29, 0.717) is 17.3 Å². The van der Waals surface area contributed by atoms with Crippen molar-refractivity contribution < 1.29 is 9.90 Å². The van der Waals surface area contributed by atoms with E-state index in [9.17, 15) is 9.90 Å². The fourth-order valence-electron chi connectivity index (χ4n) is 3.67. The first-order chi connectivity index (χ1) is 7.95. The number of aliphatic hydroxyl groups is 1. The maximum Gasteiger partial charge on any atom is 0.123 e. The molecule has 1 N–H and O–H groups in total. The van der Waals surface area contributed by atoms with Crippen molar-refractivity contribution in [1.29, 1.82) is 0 Å². The molecule has 0 spiro atoms. The van der Waals surface area contributed by atoms with Crippen LogP contribution in [0.1, 0.15) is 46.5 Å². The zero-order valence-electron chi connectivity index (χ0n) is 11.1. The van der Waals surface area contributed by atoms with Crippen LogP contribution >= 0.6 is 0 Å². The highest BCUT2D eigenvalue weighted by Gasteiger charge is 2.49. The van der Waals surface area contributed by atoms with Crippen LogP contribution in [0.5, 0.6) is 0 Å². The van der Waals surface area contributed by atoms with E-state index in [1.165, 1.54) is 0 Å². The Balaban J connectivity index is 2.19. The van der Waals surface area contributed by atoms with Gasteiger partial charge in [0.25, 0.3) is 0 Å². The standard InChI is InChI=1S/C15H24O2/c1-10-4-6-13-12(8-15(13,2)3)11(9-16)5-7-14(10)17/h4,9,11-14,17H,5-8H2,1-3H3/b10-4-/t11?,12-,13-,14-/m1/s1. The van der Waals surface area contributed by atoms with Gasteiger partial charge in [-0.05, 0) is 55.4 Å². The predicted octanol–water partition coefficient (Wildman–Crippen LogP) is 2.95. The van der Waals surface area contributed by atoms with Gasteiger partial charge in [0.1, 0.15) is 6.29 Å². The van der Waals surface area contributed by atoms with E-state index in [2.05, 4.69) is 19.9 Å². The molecule has 0 bridgehead atoms. The lowest BCUT2D eigenvalue weighted by atomic mass is 9.51. The van der Waals surface area contributed by atoms with Crippen LogP contribution in [0, 0.1) is 23.2 Å². The van der Waals surface area contributed by atoms with Gasteiger partial charge in [0.15, 0.2) is 0 Å². The Morgan fingerprint density at radius 2 is 2.12 bits per heavy atom. The molecule has 2 nitrogen and oxygen atoms in total. The van der Waals surface area contributed by atoms with E-state index in [4.69, 9.17) is 0 Å². The molecule has 0 saturated heterocycles. The lowest BCUT2D eigenvalue weighted by Crippen LogP contribution is -2.47. The summed E-state index contributed by atoms with van der Waals surface area (Å²) in [6.45, 7) is 6.60. The van der Waals surface area contributed by atoms with Crippen LogP contribution in [0.15, 0.2) is 11.6 Å². The molecule has 96 valence electrons. The summed E-state index contributed by atoms with van der Waals surface area (Å²) in [6.07, 6.45) is 6.71. The van der Waals surface area contributed by atoms with E-state index in [1.807, 2.05) is 6.92 Å². The Bertz CT molecular complexity index is 330. The fourth-order valence-corrected chi connectivity index (χ4v) is 3.67. The molecule has 0 heterocycles. The Morgan fingerprint density at radius 1 is 1.41 bits per heavy atom. The van der Waals surface area contributed by atoms with Gasteiger partial charge in [0, 0.05) is 5.92 Å². The Hall–Kier alpha value is -0.630. The molecule has 4 atom stereocenters. The van der Waals surface area contributed by atoms with Gasteiger partial charge in [-0.2, -0.15) is 0 Å². The largest absolute Gasteiger partial charge is 0.389 e. The average molecular weight is 236 g/mol. The van der Waals surface area contributed by atoms with Crippen molar-refractivity contribution in [3.05, 3.63) is 11.6 Å². The molecule has 2 aliphatic carbocycles. The summed E-state index contributed by atoms with van der Waals surface area (Å²) < 4.78 is 0. The number of fused-ring (bicyclic) bond motifs is 1. The number of rotatable bonds is 1. The van der Waals surface area contributed by atoms with Crippen LogP contribution in [0.25, 0.3) is 0 Å². The summed E-state index contributed by atoms with van der Waals surface area (Å²) in [5.41, 5.74) is 1.44. The van der Waals surface area contributed by atoms with Gasteiger partial charge < -0.3 is 9.90 Å². The summed E-state index contributed by atoms with van der Waals surface area (Å²) in [6, 6.07) is 0. The van der Waals surface area contributed by atoms with Crippen molar-refractivity contribution in [1.82, 2.24) is 0 Å². The predicted molar refractivity (Wildman–Crippen MR) is 68.5 cm³/mol. The number of aldehydes is 1. The SMILES string of the molecule is C/C1=C/C[C@@H]2[C@H](CC2(C)C)C(C=O)CC[C@H]1O. The van der Waals surface area contributed by atoms with Gasteiger partial charge in [0.05, 0.1) is 6.10 Å². The topological polar surface area (TPSA) is 37.3 Å². The summed E-state index contributed by atoms with van der Waals surface area (Å²) in [4.78, 5) is 11.2. The highest BCUT2D eigenvalue weighted by Crippen LogP contribution is 2.56. The van der Waals surface area contributed by atoms with Gasteiger partial charge in [-0.15, -0.1) is 0 Å². The van der Waals surface area contributed by atoms with Crippen molar-refractivity contribution in [2.75, 3.05) is 0 Å². The van der Waals surface area contributed by atoms with Crippen molar-refractivity contribution in [3.63, 3.8) is 0 Å². The molecular weight excluding hydrogens is 212 g/mol.